The first kappa shape index (κ1) is 12.0. The molecule has 2 heterocycles. The summed E-state index contributed by atoms with van der Waals surface area (Å²) in [5.41, 5.74) is 0.273. The maximum Gasteiger partial charge on any atom is 0.252 e. The molecule has 0 bridgehead atoms. The van der Waals surface area contributed by atoms with Crippen molar-refractivity contribution in [2.45, 2.75) is 12.8 Å². The Labute approximate surface area is 99.6 Å². The van der Waals surface area contributed by atoms with Crippen molar-refractivity contribution in [1.82, 2.24) is 15.6 Å². The lowest BCUT2D eigenvalue weighted by Gasteiger charge is -2.09. The van der Waals surface area contributed by atoms with Crippen LogP contribution in [0.5, 0.6) is 0 Å². The molecule has 1 aromatic heterocycles. The molecule has 1 atom stereocenters. The molecule has 1 saturated heterocycles. The van der Waals surface area contributed by atoms with E-state index in [1.807, 2.05) is 0 Å². The van der Waals surface area contributed by atoms with Crippen molar-refractivity contribution in [3.8, 4) is 0 Å². The van der Waals surface area contributed by atoms with Gasteiger partial charge in [0.15, 0.2) is 0 Å². The van der Waals surface area contributed by atoms with Crippen LogP contribution in [-0.4, -0.2) is 30.5 Å². The number of carbonyl (C=O) groups is 1. The number of nitrogens with zero attached hydrogens (tertiary/aromatic N) is 1. The fraction of sp³-hybridized carbons (Fsp3) is 0.500. The number of hydrogen-bond acceptors (Lipinski definition) is 3. The third-order valence-corrected chi connectivity index (χ3v) is 2.97. The van der Waals surface area contributed by atoms with Crippen molar-refractivity contribution >= 4 is 5.91 Å². The van der Waals surface area contributed by atoms with Crippen LogP contribution in [-0.2, 0) is 0 Å². The summed E-state index contributed by atoms with van der Waals surface area (Å²) in [4.78, 5) is 15.3. The van der Waals surface area contributed by atoms with Crippen molar-refractivity contribution in [1.29, 1.82) is 0 Å². The maximum absolute atomic E-state index is 12.8. The molecule has 4 nitrogen and oxygen atoms in total. The molecule has 1 aliphatic rings. The predicted octanol–water partition coefficient (Wildman–Crippen LogP) is 0.950. The van der Waals surface area contributed by atoms with Gasteiger partial charge in [0.2, 0.25) is 0 Å². The number of aromatic nitrogens is 1. The van der Waals surface area contributed by atoms with Crippen LogP contribution in [0.1, 0.15) is 23.2 Å². The average molecular weight is 237 g/mol. The molecule has 2 rings (SSSR count). The van der Waals surface area contributed by atoms with Crippen LogP contribution in [0, 0.1) is 11.7 Å². The van der Waals surface area contributed by atoms with Gasteiger partial charge in [-0.3, -0.25) is 9.78 Å². The van der Waals surface area contributed by atoms with E-state index >= 15 is 0 Å². The van der Waals surface area contributed by atoms with E-state index in [9.17, 15) is 9.18 Å². The molecular weight excluding hydrogens is 221 g/mol. The van der Waals surface area contributed by atoms with Gasteiger partial charge >= 0.3 is 0 Å². The number of amides is 1. The molecule has 2 N–H and O–H groups in total. The predicted molar refractivity (Wildman–Crippen MR) is 62.1 cm³/mol. The highest BCUT2D eigenvalue weighted by atomic mass is 19.1. The summed E-state index contributed by atoms with van der Waals surface area (Å²) in [6.45, 7) is 2.71. The molecule has 5 heteroatoms. The Hall–Kier alpha value is -1.49. The van der Waals surface area contributed by atoms with Gasteiger partial charge in [0.1, 0.15) is 5.82 Å². The molecule has 0 spiro atoms. The van der Waals surface area contributed by atoms with Gasteiger partial charge in [0, 0.05) is 12.7 Å². The summed E-state index contributed by atoms with van der Waals surface area (Å²) in [5, 5.41) is 6.06. The largest absolute Gasteiger partial charge is 0.352 e. The lowest BCUT2D eigenvalue weighted by atomic mass is 10.1. The van der Waals surface area contributed by atoms with E-state index in [0.717, 1.165) is 32.1 Å². The van der Waals surface area contributed by atoms with Gasteiger partial charge in [-0.2, -0.15) is 0 Å². The molecule has 1 amide bonds. The monoisotopic (exact) mass is 237 g/mol. The summed E-state index contributed by atoms with van der Waals surface area (Å²) >= 11 is 0. The molecular formula is C12H16FN3O. The molecule has 17 heavy (non-hydrogen) atoms. The Morgan fingerprint density at radius 1 is 1.59 bits per heavy atom. The molecule has 0 aromatic carbocycles. The Kier molecular flexibility index (Phi) is 4.03. The zero-order valence-corrected chi connectivity index (χ0v) is 9.58. The Bertz CT molecular complexity index is 391. The van der Waals surface area contributed by atoms with Gasteiger partial charge in [0.05, 0.1) is 11.8 Å². The number of carbonyl (C=O) groups excluding carboxylic acids is 1. The van der Waals surface area contributed by atoms with Gasteiger partial charge in [-0.25, -0.2) is 4.39 Å². The third-order valence-electron chi connectivity index (χ3n) is 2.97. The van der Waals surface area contributed by atoms with E-state index in [1.165, 1.54) is 12.3 Å². The fourth-order valence-electron chi connectivity index (χ4n) is 1.99. The van der Waals surface area contributed by atoms with Crippen LogP contribution in [0.15, 0.2) is 18.5 Å². The first-order chi connectivity index (χ1) is 8.25. The highest BCUT2D eigenvalue weighted by Crippen LogP contribution is 2.10. The minimum atomic E-state index is -0.488. The first-order valence-electron chi connectivity index (χ1n) is 5.85. The highest BCUT2D eigenvalue weighted by Gasteiger charge is 2.14. The lowest BCUT2D eigenvalue weighted by molar-refractivity contribution is 0.0951. The van der Waals surface area contributed by atoms with Crippen molar-refractivity contribution in [2.75, 3.05) is 19.6 Å². The average Bonchev–Trinajstić information content (AvgIpc) is 2.82. The molecule has 0 aliphatic carbocycles. The molecule has 1 unspecified atom stereocenters. The van der Waals surface area contributed by atoms with Gasteiger partial charge in [0.25, 0.3) is 5.91 Å². The van der Waals surface area contributed by atoms with Crippen LogP contribution >= 0.6 is 0 Å². The first-order valence-corrected chi connectivity index (χ1v) is 5.85. The SMILES string of the molecule is O=C(NCCC1CCNC1)c1cncc(F)c1. The summed E-state index contributed by atoms with van der Waals surface area (Å²) < 4.78 is 12.8. The summed E-state index contributed by atoms with van der Waals surface area (Å²) in [5.74, 6) is -0.110. The fourth-order valence-corrected chi connectivity index (χ4v) is 1.99. The second-order valence-corrected chi connectivity index (χ2v) is 4.30. The Morgan fingerprint density at radius 2 is 2.47 bits per heavy atom. The zero-order valence-electron chi connectivity index (χ0n) is 9.58. The second-order valence-electron chi connectivity index (χ2n) is 4.30. The van der Waals surface area contributed by atoms with E-state index in [1.54, 1.807) is 0 Å². The summed E-state index contributed by atoms with van der Waals surface area (Å²) in [6, 6.07) is 1.19. The van der Waals surface area contributed by atoms with Crippen LogP contribution in [0.2, 0.25) is 0 Å². The topological polar surface area (TPSA) is 54.0 Å². The second kappa shape index (κ2) is 5.72. The summed E-state index contributed by atoms with van der Waals surface area (Å²) in [7, 11) is 0. The minimum Gasteiger partial charge on any atom is -0.352 e. The molecule has 92 valence electrons. The number of rotatable bonds is 4. The Balaban J connectivity index is 1.77. The molecule has 0 radical (unpaired) electrons. The molecule has 1 fully saturated rings. The van der Waals surface area contributed by atoms with E-state index in [-0.39, 0.29) is 11.5 Å². The van der Waals surface area contributed by atoms with E-state index in [2.05, 4.69) is 15.6 Å². The lowest BCUT2D eigenvalue weighted by Crippen LogP contribution is -2.26. The van der Waals surface area contributed by atoms with Crippen LogP contribution in [0.3, 0.4) is 0 Å². The van der Waals surface area contributed by atoms with Crippen molar-refractivity contribution < 1.29 is 9.18 Å². The van der Waals surface area contributed by atoms with Crippen molar-refractivity contribution in [3.63, 3.8) is 0 Å². The highest BCUT2D eigenvalue weighted by molar-refractivity contribution is 5.93. The molecule has 1 aliphatic heterocycles. The van der Waals surface area contributed by atoms with E-state index in [0.29, 0.717) is 12.5 Å². The number of pyridine rings is 1. The summed E-state index contributed by atoms with van der Waals surface area (Å²) in [6.07, 6.45) is 4.58. The van der Waals surface area contributed by atoms with Crippen molar-refractivity contribution in [2.24, 2.45) is 5.92 Å². The van der Waals surface area contributed by atoms with Crippen molar-refractivity contribution in [3.05, 3.63) is 29.8 Å². The number of hydrogen-bond donors (Lipinski definition) is 2. The van der Waals surface area contributed by atoms with Gasteiger partial charge in [-0.05, 0) is 37.9 Å². The Morgan fingerprint density at radius 3 is 3.18 bits per heavy atom. The smallest absolute Gasteiger partial charge is 0.252 e. The number of nitrogens with one attached hydrogen (secondary N) is 2. The van der Waals surface area contributed by atoms with Crippen LogP contribution in [0.25, 0.3) is 0 Å². The number of halogens is 1. The van der Waals surface area contributed by atoms with E-state index < -0.39 is 5.82 Å². The van der Waals surface area contributed by atoms with Gasteiger partial charge in [-0.15, -0.1) is 0 Å². The maximum atomic E-state index is 12.8. The van der Waals surface area contributed by atoms with E-state index in [4.69, 9.17) is 0 Å². The normalized spacial score (nSPS) is 19.2. The molecule has 0 saturated carbocycles. The molecule has 1 aromatic rings. The van der Waals surface area contributed by atoms with Gasteiger partial charge < -0.3 is 10.6 Å². The zero-order chi connectivity index (χ0) is 12.1. The minimum absolute atomic E-state index is 0.261. The third kappa shape index (κ3) is 3.49. The van der Waals surface area contributed by atoms with Crippen LogP contribution in [0.4, 0.5) is 4.39 Å². The van der Waals surface area contributed by atoms with Gasteiger partial charge in [-0.1, -0.05) is 0 Å². The standard InChI is InChI=1S/C12H16FN3O/c13-11-5-10(7-15-8-11)12(17)16-4-2-9-1-3-14-6-9/h5,7-9,14H,1-4,6H2,(H,16,17). The van der Waals surface area contributed by atoms with Crippen LogP contribution < -0.4 is 10.6 Å². The quantitative estimate of drug-likeness (QED) is 0.819.